The van der Waals surface area contributed by atoms with E-state index in [9.17, 15) is 39.9 Å². The first kappa shape index (κ1) is 25.7. The zero-order valence-electron chi connectivity index (χ0n) is 20.9. The summed E-state index contributed by atoms with van der Waals surface area (Å²) in [5.74, 6) is -9.13. The summed E-state index contributed by atoms with van der Waals surface area (Å²) in [5, 5.41) is 56.6. The quantitative estimate of drug-likeness (QED) is 0.325. The third-order valence-corrected chi connectivity index (χ3v) is 8.19. The first-order valence-corrected chi connectivity index (χ1v) is 12.1. The number of nitrogens with two attached hydrogens (primary N) is 1. The van der Waals surface area contributed by atoms with Crippen molar-refractivity contribution in [2.45, 2.75) is 30.6 Å². The zero-order valence-corrected chi connectivity index (χ0v) is 20.9. The van der Waals surface area contributed by atoms with Crippen molar-refractivity contribution >= 4 is 17.5 Å². The fraction of sp³-hybridized carbons (Fsp3) is 0.321. The molecule has 0 fully saturated rings. The number of phenolic OH excluding ortho intramolecular Hbond substituents is 1. The zero-order chi connectivity index (χ0) is 27.8. The maximum absolute atomic E-state index is 13.9. The summed E-state index contributed by atoms with van der Waals surface area (Å²) in [5.41, 5.74) is 2.75. The van der Waals surface area contributed by atoms with E-state index in [1.165, 1.54) is 25.1 Å². The molecule has 38 heavy (non-hydrogen) atoms. The molecule has 7 N–H and O–H groups in total. The average Bonchev–Trinajstić information content (AvgIpc) is 2.86. The number of hydrogen-bond acceptors (Lipinski definition) is 9. The van der Waals surface area contributed by atoms with Gasteiger partial charge in [0.1, 0.15) is 22.8 Å². The van der Waals surface area contributed by atoms with Gasteiger partial charge >= 0.3 is 0 Å². The minimum absolute atomic E-state index is 0.119. The summed E-state index contributed by atoms with van der Waals surface area (Å²) in [6.45, 7) is 1.71. The molecular weight excluding hydrogens is 492 g/mol. The van der Waals surface area contributed by atoms with Crippen LogP contribution >= 0.6 is 0 Å². The highest BCUT2D eigenvalue weighted by Crippen LogP contribution is 2.56. The second kappa shape index (κ2) is 8.52. The van der Waals surface area contributed by atoms with Crippen molar-refractivity contribution in [1.29, 1.82) is 0 Å². The molecule has 5 rings (SSSR count). The van der Waals surface area contributed by atoms with Crippen LogP contribution in [-0.4, -0.2) is 79.7 Å². The first-order valence-electron chi connectivity index (χ1n) is 12.1. The van der Waals surface area contributed by atoms with E-state index in [2.05, 4.69) is 0 Å². The number of ketones is 2. The van der Waals surface area contributed by atoms with Gasteiger partial charge in [0.15, 0.2) is 11.4 Å². The van der Waals surface area contributed by atoms with Crippen molar-refractivity contribution in [3.05, 3.63) is 76.3 Å². The number of aliphatic hydroxyl groups is 4. The topological polar surface area (TPSA) is 182 Å². The lowest BCUT2D eigenvalue weighted by molar-refractivity contribution is -0.162. The molecule has 10 nitrogen and oxygen atoms in total. The van der Waals surface area contributed by atoms with Gasteiger partial charge in [-0.15, -0.1) is 0 Å². The monoisotopic (exact) mass is 520 g/mol. The maximum Gasteiger partial charge on any atom is 0.255 e. The van der Waals surface area contributed by atoms with Crippen molar-refractivity contribution in [3.63, 3.8) is 0 Å². The van der Waals surface area contributed by atoms with Crippen molar-refractivity contribution in [1.82, 2.24) is 4.90 Å². The average molecular weight is 521 g/mol. The second-order valence-electron chi connectivity index (χ2n) is 10.3. The van der Waals surface area contributed by atoms with E-state index in [0.29, 0.717) is 11.1 Å². The molecule has 0 radical (unpaired) electrons. The van der Waals surface area contributed by atoms with Crippen LogP contribution in [0.3, 0.4) is 0 Å². The number of phenols is 1. The van der Waals surface area contributed by atoms with Crippen LogP contribution in [0.25, 0.3) is 11.1 Å². The van der Waals surface area contributed by atoms with Crippen LogP contribution in [0, 0.1) is 11.8 Å². The summed E-state index contributed by atoms with van der Waals surface area (Å²) in [4.78, 5) is 40.8. The normalized spacial score (nSPS) is 30.7. The standard InChI is InChI=1S/C28H28N2O8/c1-11-15-13(12-7-5-4-6-8-12)9-10-14(31)17(15)22(32)18-16(11)23(33)20-21(30(2)3)24(34)19(27(29)37)26(36)28(20,38)25(18)35/h4-11,16,20-21,23,31,33-35,38H,1-3H3,(H2,29,37). The van der Waals surface area contributed by atoms with Gasteiger partial charge in [0, 0.05) is 11.5 Å². The Hall–Kier alpha value is -3.99. The number of rotatable bonds is 3. The minimum atomic E-state index is -2.93. The van der Waals surface area contributed by atoms with Crippen LogP contribution in [0.2, 0.25) is 0 Å². The number of nitrogens with zero attached hydrogens (tertiary/aromatic N) is 1. The number of benzene rings is 2. The number of aromatic hydroxyl groups is 1. The molecule has 0 saturated carbocycles. The summed E-state index contributed by atoms with van der Waals surface area (Å²) in [6, 6.07) is 10.8. The number of Topliss-reactive ketones (excluding diaryl/α,β-unsaturated/α-hetero) is 2. The van der Waals surface area contributed by atoms with E-state index in [4.69, 9.17) is 5.73 Å². The minimum Gasteiger partial charge on any atom is -0.510 e. The molecule has 2 aromatic rings. The van der Waals surface area contributed by atoms with Crippen LogP contribution in [0.1, 0.15) is 28.8 Å². The molecule has 6 atom stereocenters. The highest BCUT2D eigenvalue weighted by atomic mass is 16.4. The summed E-state index contributed by atoms with van der Waals surface area (Å²) in [6.07, 6.45) is -1.64. The SMILES string of the molecule is CC1c2c(-c3ccccc3)ccc(O)c2C(=O)C2=C(O)C3(O)C(=O)C(C(N)=O)=C(O)C(N(C)C)C3C(O)C21. The molecule has 198 valence electrons. The number of fused-ring (bicyclic) bond motifs is 3. The molecule has 1 amide bonds. The molecule has 0 saturated heterocycles. The highest BCUT2D eigenvalue weighted by Gasteiger charge is 2.67. The predicted octanol–water partition coefficient (Wildman–Crippen LogP) is 1.32. The predicted molar refractivity (Wildman–Crippen MR) is 135 cm³/mol. The Labute approximate surface area is 217 Å². The van der Waals surface area contributed by atoms with Gasteiger partial charge in [-0.05, 0) is 42.8 Å². The number of aliphatic hydroxyl groups excluding tert-OH is 3. The molecular formula is C28H28N2O8. The number of carbonyl (C=O) groups excluding carboxylic acids is 3. The second-order valence-corrected chi connectivity index (χ2v) is 10.3. The lowest BCUT2D eigenvalue weighted by Crippen LogP contribution is -2.68. The van der Waals surface area contributed by atoms with Gasteiger partial charge in [0.25, 0.3) is 5.91 Å². The van der Waals surface area contributed by atoms with Gasteiger partial charge in [-0.3, -0.25) is 19.3 Å². The number of likely N-dealkylation sites (N-methyl/N-ethyl adjacent to an activating group) is 1. The van der Waals surface area contributed by atoms with Crippen LogP contribution < -0.4 is 5.73 Å². The van der Waals surface area contributed by atoms with E-state index in [0.717, 1.165) is 5.56 Å². The van der Waals surface area contributed by atoms with Crippen molar-refractivity contribution in [2.24, 2.45) is 17.6 Å². The smallest absolute Gasteiger partial charge is 0.255 e. The third kappa shape index (κ3) is 3.14. The Balaban J connectivity index is 1.82. The molecule has 0 aliphatic heterocycles. The molecule has 0 bridgehead atoms. The van der Waals surface area contributed by atoms with E-state index in [1.54, 1.807) is 13.0 Å². The molecule has 0 aromatic heterocycles. The Morgan fingerprint density at radius 1 is 1.03 bits per heavy atom. The number of carbonyl (C=O) groups is 3. The molecule has 0 heterocycles. The first-order chi connectivity index (χ1) is 17.8. The Bertz CT molecular complexity index is 1460. The van der Waals surface area contributed by atoms with E-state index in [1.807, 2.05) is 30.3 Å². The lowest BCUT2D eigenvalue weighted by Gasteiger charge is -2.53. The lowest BCUT2D eigenvalue weighted by atomic mass is 9.55. The van der Waals surface area contributed by atoms with Gasteiger partial charge < -0.3 is 31.3 Å². The largest absolute Gasteiger partial charge is 0.510 e. The van der Waals surface area contributed by atoms with Gasteiger partial charge in [-0.1, -0.05) is 43.3 Å². The maximum atomic E-state index is 13.9. The third-order valence-electron chi connectivity index (χ3n) is 8.19. The molecule has 0 spiro atoms. The molecule has 2 aromatic carbocycles. The number of amides is 1. The summed E-state index contributed by atoms with van der Waals surface area (Å²) < 4.78 is 0. The van der Waals surface area contributed by atoms with Crippen LogP contribution in [0.5, 0.6) is 5.75 Å². The molecule has 10 heteroatoms. The van der Waals surface area contributed by atoms with E-state index < -0.39 is 75.6 Å². The van der Waals surface area contributed by atoms with E-state index in [-0.39, 0.29) is 11.3 Å². The van der Waals surface area contributed by atoms with Gasteiger partial charge in [-0.25, -0.2) is 0 Å². The highest BCUT2D eigenvalue weighted by molar-refractivity contribution is 6.25. The van der Waals surface area contributed by atoms with Crippen LogP contribution in [0.4, 0.5) is 0 Å². The van der Waals surface area contributed by atoms with E-state index >= 15 is 0 Å². The summed E-state index contributed by atoms with van der Waals surface area (Å²) in [7, 11) is 2.99. The molecule has 3 aliphatic rings. The Morgan fingerprint density at radius 3 is 2.24 bits per heavy atom. The van der Waals surface area contributed by atoms with Crippen molar-refractivity contribution < 1.29 is 39.9 Å². The van der Waals surface area contributed by atoms with Gasteiger partial charge in [-0.2, -0.15) is 0 Å². The molecule has 3 aliphatic carbocycles. The molecule has 6 unspecified atom stereocenters. The van der Waals surface area contributed by atoms with Crippen molar-refractivity contribution in [3.8, 4) is 16.9 Å². The van der Waals surface area contributed by atoms with Gasteiger partial charge in [0.05, 0.1) is 23.6 Å². The number of primary amides is 1. The fourth-order valence-electron chi connectivity index (χ4n) is 6.57. The Kier molecular flexibility index (Phi) is 5.75. The van der Waals surface area contributed by atoms with Crippen molar-refractivity contribution in [2.75, 3.05) is 14.1 Å². The van der Waals surface area contributed by atoms with Crippen LogP contribution in [-0.2, 0) is 9.59 Å². The van der Waals surface area contributed by atoms with Gasteiger partial charge in [0.2, 0.25) is 5.78 Å². The number of hydrogen-bond donors (Lipinski definition) is 6. The Morgan fingerprint density at radius 2 is 1.66 bits per heavy atom. The van der Waals surface area contributed by atoms with Crippen LogP contribution in [0.15, 0.2) is 65.1 Å². The fourth-order valence-corrected chi connectivity index (χ4v) is 6.57. The summed E-state index contributed by atoms with van der Waals surface area (Å²) >= 11 is 0.